The van der Waals surface area contributed by atoms with E-state index >= 15 is 0 Å². The van der Waals surface area contributed by atoms with Gasteiger partial charge in [-0.05, 0) is 61.1 Å². The summed E-state index contributed by atoms with van der Waals surface area (Å²) in [6.45, 7) is 6.18. The second kappa shape index (κ2) is 13.6. The van der Waals surface area contributed by atoms with Crippen LogP contribution in [0.15, 0.2) is 100 Å². The number of carbonyl (C=O) groups excluding carboxylic acids is 2. The molecule has 5 rings (SSSR count). The van der Waals surface area contributed by atoms with Crippen molar-refractivity contribution < 1.29 is 23.8 Å². The van der Waals surface area contributed by atoms with Crippen molar-refractivity contribution in [1.82, 2.24) is 15.2 Å². The van der Waals surface area contributed by atoms with Gasteiger partial charge in [-0.15, -0.1) is 0 Å². The number of carbonyl (C=O) groups is 2. The molecular weight excluding hydrogens is 564 g/mol. The molecule has 43 heavy (non-hydrogen) atoms. The van der Waals surface area contributed by atoms with E-state index in [9.17, 15) is 9.59 Å². The molecule has 2 aromatic carbocycles. The third-order valence-electron chi connectivity index (χ3n) is 6.86. The van der Waals surface area contributed by atoms with E-state index in [-0.39, 0.29) is 18.4 Å². The van der Waals surface area contributed by atoms with Gasteiger partial charge in [-0.25, -0.2) is 9.79 Å². The number of esters is 1. The van der Waals surface area contributed by atoms with Gasteiger partial charge in [0, 0.05) is 24.6 Å². The summed E-state index contributed by atoms with van der Waals surface area (Å²) in [5.41, 5.74) is 4.40. The van der Waals surface area contributed by atoms with Gasteiger partial charge in [0.05, 0.1) is 36.9 Å². The van der Waals surface area contributed by atoms with Gasteiger partial charge >= 0.3 is 5.97 Å². The molecule has 0 saturated heterocycles. The van der Waals surface area contributed by atoms with Crippen LogP contribution in [0.5, 0.6) is 11.5 Å². The van der Waals surface area contributed by atoms with Crippen molar-refractivity contribution in [2.75, 3.05) is 7.11 Å². The van der Waals surface area contributed by atoms with Crippen molar-refractivity contribution in [3.8, 4) is 11.5 Å². The molecule has 222 valence electrons. The molecule has 0 spiro atoms. The lowest BCUT2D eigenvalue weighted by Crippen LogP contribution is -2.38. The van der Waals surface area contributed by atoms with Crippen LogP contribution in [0.4, 0.5) is 0 Å². The van der Waals surface area contributed by atoms with Crippen LogP contribution < -0.4 is 14.8 Å². The molecule has 2 aliphatic heterocycles. The first-order valence-electron chi connectivity index (χ1n) is 14.0. The Morgan fingerprint density at radius 2 is 1.84 bits per heavy atom. The highest BCUT2D eigenvalue weighted by Gasteiger charge is 2.41. The minimum absolute atomic E-state index is 0.101. The lowest BCUT2D eigenvalue weighted by molar-refractivity contribution is -0.143. The summed E-state index contributed by atoms with van der Waals surface area (Å²) in [5, 5.41) is 5.56. The number of nitrogens with one attached hydrogen (secondary N) is 1. The van der Waals surface area contributed by atoms with E-state index < -0.39 is 12.0 Å². The van der Waals surface area contributed by atoms with E-state index in [2.05, 4.69) is 10.3 Å². The van der Waals surface area contributed by atoms with Gasteiger partial charge in [0.1, 0.15) is 6.61 Å². The molecule has 9 nitrogen and oxygen atoms in total. The number of rotatable bonds is 11. The predicted octanol–water partition coefficient (Wildman–Crippen LogP) is 5.90. The molecule has 0 radical (unpaired) electrons. The maximum Gasteiger partial charge on any atom is 0.338 e. The smallest absolute Gasteiger partial charge is 0.338 e. The molecule has 3 heterocycles. The maximum atomic E-state index is 13.5. The number of methoxy groups -OCH3 is 1. The number of ether oxygens (including phenoxy) is 3. The fraction of sp³-hybridized carbons (Fsp3) is 0.273. The Hall–Kier alpha value is -4.57. The normalized spacial score (nSPS) is 15.9. The van der Waals surface area contributed by atoms with Crippen LogP contribution in [-0.4, -0.2) is 40.1 Å². The topological polar surface area (TPSA) is 102 Å². The Balaban J connectivity index is 1.44. The van der Waals surface area contributed by atoms with Crippen LogP contribution in [0.1, 0.15) is 49.9 Å². The molecule has 1 atom stereocenters. The number of fused-ring (bicyclic) bond motifs is 1. The van der Waals surface area contributed by atoms with Gasteiger partial charge in [-0.1, -0.05) is 54.2 Å². The Kier molecular flexibility index (Phi) is 9.46. The second-order valence-electron chi connectivity index (χ2n) is 10.3. The second-order valence-corrected chi connectivity index (χ2v) is 11.2. The lowest BCUT2D eigenvalue weighted by Gasteiger charge is -2.36. The number of thioether (sulfide) groups is 1. The maximum absolute atomic E-state index is 13.5. The van der Waals surface area contributed by atoms with Gasteiger partial charge in [0.2, 0.25) is 5.91 Å². The van der Waals surface area contributed by atoms with E-state index in [0.717, 1.165) is 22.4 Å². The first-order valence-corrected chi connectivity index (χ1v) is 14.9. The summed E-state index contributed by atoms with van der Waals surface area (Å²) in [6, 6.07) is 18.6. The summed E-state index contributed by atoms with van der Waals surface area (Å²) < 4.78 is 17.5. The number of hydrogen-bond donors (Lipinski definition) is 1. The monoisotopic (exact) mass is 598 g/mol. The van der Waals surface area contributed by atoms with Crippen molar-refractivity contribution in [2.24, 2.45) is 4.99 Å². The highest BCUT2D eigenvalue weighted by molar-refractivity contribution is 8.16. The number of aromatic nitrogens is 1. The molecule has 0 aliphatic carbocycles. The fourth-order valence-corrected chi connectivity index (χ4v) is 5.83. The van der Waals surface area contributed by atoms with Crippen LogP contribution in [0, 0.1) is 0 Å². The average molecular weight is 599 g/mol. The predicted molar refractivity (Wildman–Crippen MR) is 166 cm³/mol. The largest absolute Gasteiger partial charge is 0.493 e. The van der Waals surface area contributed by atoms with Crippen LogP contribution >= 0.6 is 11.8 Å². The number of benzene rings is 2. The Labute approximate surface area is 255 Å². The molecule has 1 aromatic heterocycles. The molecule has 10 heteroatoms. The highest BCUT2D eigenvalue weighted by Crippen LogP contribution is 2.46. The average Bonchev–Trinajstić information content (AvgIpc) is 3.40. The molecule has 1 unspecified atom stereocenters. The summed E-state index contributed by atoms with van der Waals surface area (Å²) >= 11 is 1.42. The number of allylic oxidation sites excluding steroid dienone is 1. The molecular formula is C33H34N4O5S. The minimum atomic E-state index is -0.594. The van der Waals surface area contributed by atoms with Gasteiger partial charge in [0.15, 0.2) is 16.7 Å². The number of aliphatic imine (C=N–C) groups is 1. The summed E-state index contributed by atoms with van der Waals surface area (Å²) in [5.74, 6) is 0.489. The number of pyridine rings is 1. The van der Waals surface area contributed by atoms with E-state index in [4.69, 9.17) is 19.2 Å². The van der Waals surface area contributed by atoms with Gasteiger partial charge < -0.3 is 24.4 Å². The molecule has 0 bridgehead atoms. The van der Waals surface area contributed by atoms with Crippen molar-refractivity contribution in [3.63, 3.8) is 0 Å². The van der Waals surface area contributed by atoms with E-state index in [0.29, 0.717) is 41.1 Å². The zero-order valence-corrected chi connectivity index (χ0v) is 25.4. The van der Waals surface area contributed by atoms with Crippen LogP contribution in [0.25, 0.3) is 0 Å². The lowest BCUT2D eigenvalue weighted by atomic mass is 9.93. The van der Waals surface area contributed by atoms with Crippen molar-refractivity contribution in [2.45, 2.75) is 52.5 Å². The molecule has 0 fully saturated rings. The fourth-order valence-electron chi connectivity index (χ4n) is 4.86. The Bertz CT molecular complexity index is 1570. The SMILES string of the molecule is COc1cc(C2C(C(=O)OC(C)C)=C(C)N=C3SC=C(CC(=O)NCc4cccnc4)N32)ccc1OCc1ccccc1. The van der Waals surface area contributed by atoms with E-state index in [1.54, 1.807) is 19.5 Å². The molecule has 3 aromatic rings. The molecule has 1 N–H and O–H groups in total. The van der Waals surface area contributed by atoms with Gasteiger partial charge in [0.25, 0.3) is 0 Å². The number of hydrogen-bond acceptors (Lipinski definition) is 9. The summed E-state index contributed by atoms with van der Waals surface area (Å²) in [6.07, 6.45) is 3.20. The molecule has 1 amide bonds. The third kappa shape index (κ3) is 7.09. The first kappa shape index (κ1) is 29.9. The Morgan fingerprint density at radius 1 is 1.05 bits per heavy atom. The Morgan fingerprint density at radius 3 is 2.56 bits per heavy atom. The van der Waals surface area contributed by atoms with Crippen LogP contribution in [-0.2, 0) is 27.5 Å². The van der Waals surface area contributed by atoms with Crippen molar-refractivity contribution in [3.05, 3.63) is 112 Å². The van der Waals surface area contributed by atoms with Crippen LogP contribution in [0.2, 0.25) is 0 Å². The highest BCUT2D eigenvalue weighted by atomic mass is 32.2. The quantitative estimate of drug-likeness (QED) is 0.272. The van der Waals surface area contributed by atoms with E-state index in [1.807, 2.05) is 91.7 Å². The zero-order chi connectivity index (χ0) is 30.3. The number of amides is 1. The first-order chi connectivity index (χ1) is 20.8. The third-order valence-corrected chi connectivity index (χ3v) is 7.75. The van der Waals surface area contributed by atoms with Gasteiger partial charge in [-0.3, -0.25) is 9.78 Å². The van der Waals surface area contributed by atoms with Gasteiger partial charge in [-0.2, -0.15) is 0 Å². The minimum Gasteiger partial charge on any atom is -0.493 e. The number of nitrogens with zero attached hydrogens (tertiary/aromatic N) is 3. The van der Waals surface area contributed by atoms with Crippen LogP contribution in [0.3, 0.4) is 0 Å². The summed E-state index contributed by atoms with van der Waals surface area (Å²) in [4.78, 5) is 37.4. The number of amidine groups is 1. The standard InChI is InChI=1S/C33H34N4O5S/c1-21(2)42-32(39)30-22(3)36-33-37(26(20-43-33)16-29(38)35-18-24-11-8-14-34-17-24)31(30)25-12-13-27(28(15-25)40-4)41-19-23-9-6-5-7-10-23/h5-15,17,20-21,31H,16,18-19H2,1-4H3,(H,35,38). The van der Waals surface area contributed by atoms with Crippen molar-refractivity contribution >= 4 is 28.8 Å². The van der Waals surface area contributed by atoms with E-state index in [1.165, 1.54) is 11.8 Å². The van der Waals surface area contributed by atoms with Crippen molar-refractivity contribution in [1.29, 1.82) is 0 Å². The molecule has 2 aliphatic rings. The zero-order valence-electron chi connectivity index (χ0n) is 24.6. The summed E-state index contributed by atoms with van der Waals surface area (Å²) in [7, 11) is 1.58. The molecule has 0 saturated carbocycles.